The van der Waals surface area contributed by atoms with Gasteiger partial charge in [0.2, 0.25) is 5.91 Å². The summed E-state index contributed by atoms with van der Waals surface area (Å²) in [5, 5.41) is 6.41. The van der Waals surface area contributed by atoms with E-state index in [9.17, 15) is 9.59 Å². The van der Waals surface area contributed by atoms with Gasteiger partial charge in [0.05, 0.1) is 53.4 Å². The van der Waals surface area contributed by atoms with Gasteiger partial charge in [0.25, 0.3) is 5.56 Å². The number of hydrogen-bond acceptors (Lipinski definition) is 6. The second-order valence-electron chi connectivity index (χ2n) is 9.36. The molecule has 1 amide bonds. The Morgan fingerprint density at radius 1 is 1.17 bits per heavy atom. The molecule has 1 N–H and O–H groups in total. The first-order valence-electron chi connectivity index (χ1n) is 12.2. The summed E-state index contributed by atoms with van der Waals surface area (Å²) in [6, 6.07) is 11.0. The molecule has 10 heteroatoms. The smallest absolute Gasteiger partial charge is 0.275 e. The van der Waals surface area contributed by atoms with Crippen molar-refractivity contribution in [3.05, 3.63) is 63.3 Å². The van der Waals surface area contributed by atoms with Gasteiger partial charge in [-0.25, -0.2) is 9.67 Å². The topological polar surface area (TPSA) is 102 Å². The third-order valence-corrected chi connectivity index (χ3v) is 6.98. The van der Waals surface area contributed by atoms with Crippen molar-refractivity contribution in [3.63, 3.8) is 0 Å². The van der Waals surface area contributed by atoms with Crippen LogP contribution in [0.3, 0.4) is 0 Å². The Kier molecular flexibility index (Phi) is 6.10. The number of benzene rings is 2. The van der Waals surface area contributed by atoms with Crippen LogP contribution >= 0.6 is 11.6 Å². The van der Waals surface area contributed by atoms with Crippen molar-refractivity contribution < 1.29 is 14.3 Å². The molecule has 0 unspecified atom stereocenters. The molecule has 36 heavy (non-hydrogen) atoms. The summed E-state index contributed by atoms with van der Waals surface area (Å²) in [6.45, 7) is 2.59. The lowest BCUT2D eigenvalue weighted by atomic mass is 10.1. The summed E-state index contributed by atoms with van der Waals surface area (Å²) in [5.74, 6) is 1.79. The number of hydrogen-bond donors (Lipinski definition) is 1. The van der Waals surface area contributed by atoms with Gasteiger partial charge in [0.1, 0.15) is 18.1 Å². The predicted molar refractivity (Wildman–Crippen MR) is 136 cm³/mol. The number of morpholine rings is 1. The molecule has 186 valence electrons. The molecule has 1 saturated carbocycles. The Bertz CT molecular complexity index is 1500. The minimum absolute atomic E-state index is 0.117. The number of imidazole rings is 1. The third kappa shape index (κ3) is 4.68. The summed E-state index contributed by atoms with van der Waals surface area (Å²) >= 11 is 6.44. The van der Waals surface area contributed by atoms with E-state index in [1.807, 2.05) is 30.3 Å². The van der Waals surface area contributed by atoms with Crippen molar-refractivity contribution in [2.75, 3.05) is 32.9 Å². The Balaban J connectivity index is 1.31. The molecular weight excluding hydrogens is 482 g/mol. The molecule has 0 atom stereocenters. The molecule has 9 nitrogen and oxygen atoms in total. The lowest BCUT2D eigenvalue weighted by Gasteiger charge is -2.26. The second kappa shape index (κ2) is 9.55. The second-order valence-corrected chi connectivity index (χ2v) is 9.77. The largest absolute Gasteiger partial charge is 0.492 e. The van der Waals surface area contributed by atoms with Crippen LogP contribution in [-0.2, 0) is 22.5 Å². The Morgan fingerprint density at radius 3 is 2.72 bits per heavy atom. The van der Waals surface area contributed by atoms with Gasteiger partial charge in [0.15, 0.2) is 0 Å². The van der Waals surface area contributed by atoms with E-state index in [4.69, 9.17) is 26.1 Å². The number of amides is 1. The SMILES string of the molecule is O=C(Cn1nc(Cc2nc3cc(OCC4CC4)c(Cl)cc3[nH]2)c2ccccc2c1=O)N1CCOCC1. The van der Waals surface area contributed by atoms with Gasteiger partial charge in [-0.1, -0.05) is 29.8 Å². The standard InChI is InChI=1S/C26H26ClN5O4/c27-19-11-21-22(12-23(19)36-15-16-5-6-16)29-24(28-21)13-20-17-3-1-2-4-18(17)26(34)32(30-20)14-25(33)31-7-9-35-10-8-31/h1-4,11-12,16H,5-10,13-15H2,(H,28,29). The van der Waals surface area contributed by atoms with Crippen molar-refractivity contribution in [2.45, 2.75) is 25.8 Å². The summed E-state index contributed by atoms with van der Waals surface area (Å²) in [6.07, 6.45) is 2.76. The van der Waals surface area contributed by atoms with Crippen molar-refractivity contribution in [2.24, 2.45) is 5.92 Å². The molecule has 1 aliphatic carbocycles. The van der Waals surface area contributed by atoms with Crippen LogP contribution in [0, 0.1) is 5.92 Å². The average Bonchev–Trinajstić information content (AvgIpc) is 3.65. The maximum Gasteiger partial charge on any atom is 0.275 e. The van der Waals surface area contributed by atoms with Crippen LogP contribution < -0.4 is 10.3 Å². The third-order valence-electron chi connectivity index (χ3n) is 6.68. The number of aromatic nitrogens is 4. The number of nitrogens with one attached hydrogen (secondary N) is 1. The molecule has 0 radical (unpaired) electrons. The zero-order valence-corrected chi connectivity index (χ0v) is 20.5. The highest BCUT2D eigenvalue weighted by Gasteiger charge is 2.23. The van der Waals surface area contributed by atoms with Crippen LogP contribution in [0.5, 0.6) is 5.75 Å². The molecule has 6 rings (SSSR count). The summed E-state index contributed by atoms with van der Waals surface area (Å²) < 4.78 is 12.5. The molecule has 2 aromatic carbocycles. The fourth-order valence-corrected chi connectivity index (χ4v) is 4.71. The molecule has 4 aromatic rings. The molecule has 0 bridgehead atoms. The minimum Gasteiger partial charge on any atom is -0.492 e. The molecule has 1 saturated heterocycles. The van der Waals surface area contributed by atoms with E-state index in [0.29, 0.717) is 72.9 Å². The molecular formula is C26H26ClN5O4. The summed E-state index contributed by atoms with van der Waals surface area (Å²) in [7, 11) is 0. The van der Waals surface area contributed by atoms with E-state index in [1.165, 1.54) is 17.5 Å². The van der Waals surface area contributed by atoms with E-state index in [-0.39, 0.29) is 18.0 Å². The molecule has 0 spiro atoms. The van der Waals surface area contributed by atoms with E-state index < -0.39 is 0 Å². The first-order chi connectivity index (χ1) is 17.5. The van der Waals surface area contributed by atoms with Crippen LogP contribution in [0.25, 0.3) is 21.8 Å². The Morgan fingerprint density at radius 2 is 1.94 bits per heavy atom. The van der Waals surface area contributed by atoms with Crippen LogP contribution in [-0.4, -0.2) is 63.5 Å². The average molecular weight is 508 g/mol. The number of nitrogens with zero attached hydrogens (tertiary/aromatic N) is 4. The number of fused-ring (bicyclic) bond motifs is 2. The lowest BCUT2D eigenvalue weighted by Crippen LogP contribution is -2.43. The highest BCUT2D eigenvalue weighted by Crippen LogP contribution is 2.33. The van der Waals surface area contributed by atoms with Crippen LogP contribution in [0.4, 0.5) is 0 Å². The van der Waals surface area contributed by atoms with Gasteiger partial charge in [-0.3, -0.25) is 9.59 Å². The van der Waals surface area contributed by atoms with Gasteiger partial charge < -0.3 is 19.4 Å². The Labute approximate surface area is 212 Å². The van der Waals surface area contributed by atoms with E-state index in [0.717, 1.165) is 16.4 Å². The van der Waals surface area contributed by atoms with Gasteiger partial charge in [-0.2, -0.15) is 5.10 Å². The zero-order chi connectivity index (χ0) is 24.6. The number of carbonyl (C=O) groups excluding carboxylic acids is 1. The molecule has 1 aliphatic heterocycles. The lowest BCUT2D eigenvalue weighted by molar-refractivity contribution is -0.136. The highest BCUT2D eigenvalue weighted by atomic mass is 35.5. The molecule has 2 aliphatic rings. The minimum atomic E-state index is -0.287. The van der Waals surface area contributed by atoms with E-state index >= 15 is 0 Å². The predicted octanol–water partition coefficient (Wildman–Crippen LogP) is 3.16. The van der Waals surface area contributed by atoms with Crippen molar-refractivity contribution >= 4 is 39.3 Å². The quantitative estimate of drug-likeness (QED) is 0.412. The molecule has 2 fully saturated rings. The number of carbonyl (C=O) groups is 1. The molecule has 2 aromatic heterocycles. The fraction of sp³-hybridized carbons (Fsp3) is 0.385. The summed E-state index contributed by atoms with van der Waals surface area (Å²) in [4.78, 5) is 35.7. The van der Waals surface area contributed by atoms with Crippen LogP contribution in [0.2, 0.25) is 5.02 Å². The van der Waals surface area contributed by atoms with E-state index in [1.54, 1.807) is 11.0 Å². The fourth-order valence-electron chi connectivity index (χ4n) is 4.49. The van der Waals surface area contributed by atoms with Crippen molar-refractivity contribution in [1.82, 2.24) is 24.6 Å². The summed E-state index contributed by atoms with van der Waals surface area (Å²) in [5.41, 5.74) is 1.93. The monoisotopic (exact) mass is 507 g/mol. The normalized spacial score (nSPS) is 16.1. The number of H-pyrrole nitrogens is 1. The van der Waals surface area contributed by atoms with Crippen LogP contribution in [0.15, 0.2) is 41.2 Å². The maximum atomic E-state index is 13.1. The number of aromatic amines is 1. The van der Waals surface area contributed by atoms with Crippen molar-refractivity contribution in [1.29, 1.82) is 0 Å². The van der Waals surface area contributed by atoms with Gasteiger partial charge in [-0.15, -0.1) is 0 Å². The molecule has 3 heterocycles. The van der Waals surface area contributed by atoms with Gasteiger partial charge in [-0.05, 0) is 30.9 Å². The Hall–Kier alpha value is -3.43. The zero-order valence-electron chi connectivity index (χ0n) is 19.7. The first-order valence-corrected chi connectivity index (χ1v) is 12.6. The number of halogens is 1. The van der Waals surface area contributed by atoms with Gasteiger partial charge >= 0.3 is 0 Å². The van der Waals surface area contributed by atoms with Crippen LogP contribution in [0.1, 0.15) is 24.4 Å². The number of ether oxygens (including phenoxy) is 2. The van der Waals surface area contributed by atoms with Crippen molar-refractivity contribution in [3.8, 4) is 5.75 Å². The highest BCUT2D eigenvalue weighted by molar-refractivity contribution is 6.32. The van der Waals surface area contributed by atoms with E-state index in [2.05, 4.69) is 10.1 Å². The first kappa shape index (κ1) is 23.0. The maximum absolute atomic E-state index is 13.1. The number of rotatable bonds is 7. The van der Waals surface area contributed by atoms with Gasteiger partial charge in [0, 0.05) is 24.5 Å².